The topological polar surface area (TPSA) is 87.3 Å². The number of hydrogen-bond donors (Lipinski definition) is 3. The van der Waals surface area contributed by atoms with Crippen LogP contribution in [0.5, 0.6) is 0 Å². The fourth-order valence-corrected chi connectivity index (χ4v) is 2.08. The number of rotatable bonds is 3. The molecule has 1 aromatic rings. The van der Waals surface area contributed by atoms with Gasteiger partial charge in [0.05, 0.1) is 12.0 Å². The van der Waals surface area contributed by atoms with Crippen molar-refractivity contribution in [3.8, 4) is 0 Å². The molecule has 0 aromatic heterocycles. The van der Waals surface area contributed by atoms with Crippen LogP contribution in [0, 0.1) is 0 Å². The molecule has 1 fully saturated rings. The summed E-state index contributed by atoms with van der Waals surface area (Å²) in [6.45, 7) is 3.73. The summed E-state index contributed by atoms with van der Waals surface area (Å²) in [4.78, 5) is 34.4. The lowest BCUT2D eigenvalue weighted by Crippen LogP contribution is -2.51. The third-order valence-corrected chi connectivity index (χ3v) is 3.20. The van der Waals surface area contributed by atoms with Crippen LogP contribution in [0.1, 0.15) is 25.8 Å². The molecule has 1 atom stereocenters. The number of benzene rings is 1. The first-order valence-electron chi connectivity index (χ1n) is 6.36. The summed E-state index contributed by atoms with van der Waals surface area (Å²) in [7, 11) is 0. The first kappa shape index (κ1) is 14.0. The van der Waals surface area contributed by atoms with Crippen LogP contribution in [0.25, 0.3) is 0 Å². The Labute approximate surface area is 116 Å². The molecule has 0 radical (unpaired) electrons. The zero-order valence-electron chi connectivity index (χ0n) is 11.4. The zero-order valence-corrected chi connectivity index (χ0v) is 11.4. The lowest BCUT2D eigenvalue weighted by atomic mass is 9.94. The summed E-state index contributed by atoms with van der Waals surface area (Å²) < 4.78 is 0. The van der Waals surface area contributed by atoms with E-state index in [2.05, 4.69) is 16.0 Å². The monoisotopic (exact) mass is 275 g/mol. The van der Waals surface area contributed by atoms with Gasteiger partial charge in [-0.05, 0) is 19.4 Å². The first-order chi connectivity index (χ1) is 9.38. The van der Waals surface area contributed by atoms with E-state index in [1.54, 1.807) is 0 Å². The van der Waals surface area contributed by atoms with Crippen LogP contribution in [0.2, 0.25) is 0 Å². The van der Waals surface area contributed by atoms with E-state index in [4.69, 9.17) is 0 Å². The fraction of sp³-hybridized carbons (Fsp3) is 0.357. The van der Waals surface area contributed by atoms with Gasteiger partial charge >= 0.3 is 6.03 Å². The van der Waals surface area contributed by atoms with Crippen molar-refractivity contribution in [3.05, 3.63) is 35.9 Å². The van der Waals surface area contributed by atoms with Gasteiger partial charge in [0.25, 0.3) is 0 Å². The Morgan fingerprint density at radius 2 is 1.90 bits per heavy atom. The highest BCUT2D eigenvalue weighted by Crippen LogP contribution is 2.19. The van der Waals surface area contributed by atoms with Gasteiger partial charge in [-0.3, -0.25) is 14.9 Å². The highest BCUT2D eigenvalue weighted by Gasteiger charge is 2.33. The minimum atomic E-state index is -0.797. The van der Waals surface area contributed by atoms with Gasteiger partial charge < -0.3 is 10.6 Å². The van der Waals surface area contributed by atoms with Gasteiger partial charge in [-0.2, -0.15) is 0 Å². The first-order valence-corrected chi connectivity index (χ1v) is 6.36. The van der Waals surface area contributed by atoms with Crippen molar-refractivity contribution in [2.75, 3.05) is 0 Å². The number of carbonyl (C=O) groups is 3. The van der Waals surface area contributed by atoms with Crippen LogP contribution in [-0.2, 0) is 15.1 Å². The van der Waals surface area contributed by atoms with Gasteiger partial charge in [0, 0.05) is 0 Å². The Balaban J connectivity index is 1.98. The molecule has 1 saturated heterocycles. The molecule has 1 aliphatic heterocycles. The van der Waals surface area contributed by atoms with Gasteiger partial charge in [-0.25, -0.2) is 4.79 Å². The molecule has 2 rings (SSSR count). The zero-order chi connectivity index (χ0) is 14.8. The lowest BCUT2D eigenvalue weighted by molar-refractivity contribution is -0.125. The molecular formula is C14H17N3O3. The van der Waals surface area contributed by atoms with Crippen molar-refractivity contribution in [3.63, 3.8) is 0 Å². The van der Waals surface area contributed by atoms with Gasteiger partial charge in [-0.1, -0.05) is 30.3 Å². The lowest BCUT2D eigenvalue weighted by Gasteiger charge is -2.27. The number of amides is 4. The molecule has 3 N–H and O–H groups in total. The fourth-order valence-electron chi connectivity index (χ4n) is 2.08. The van der Waals surface area contributed by atoms with E-state index in [9.17, 15) is 14.4 Å². The predicted molar refractivity (Wildman–Crippen MR) is 72.7 cm³/mol. The molecule has 1 unspecified atom stereocenters. The molecule has 1 aliphatic rings. The average Bonchev–Trinajstić information content (AvgIpc) is 2.68. The summed E-state index contributed by atoms with van der Waals surface area (Å²) in [5.41, 5.74) is 0.367. The van der Waals surface area contributed by atoms with Gasteiger partial charge in [0.15, 0.2) is 0 Å². The summed E-state index contributed by atoms with van der Waals surface area (Å²) in [6, 6.07) is 8.22. The summed E-state index contributed by atoms with van der Waals surface area (Å²) in [5, 5.41) is 7.44. The molecule has 0 spiro atoms. The van der Waals surface area contributed by atoms with E-state index >= 15 is 0 Å². The van der Waals surface area contributed by atoms with Gasteiger partial charge in [0.1, 0.15) is 6.04 Å². The second-order valence-corrected chi connectivity index (χ2v) is 5.26. The smallest absolute Gasteiger partial charge is 0.316 e. The van der Waals surface area contributed by atoms with Gasteiger partial charge in [0.2, 0.25) is 11.8 Å². The van der Waals surface area contributed by atoms with Crippen LogP contribution < -0.4 is 16.0 Å². The highest BCUT2D eigenvalue weighted by atomic mass is 16.2. The molecular weight excluding hydrogens is 258 g/mol. The van der Waals surface area contributed by atoms with E-state index in [-0.39, 0.29) is 12.3 Å². The summed E-state index contributed by atoms with van der Waals surface area (Å²) >= 11 is 0. The molecule has 1 aromatic carbocycles. The van der Waals surface area contributed by atoms with E-state index < -0.39 is 23.5 Å². The summed E-state index contributed by atoms with van der Waals surface area (Å²) in [5.74, 6) is -0.842. The van der Waals surface area contributed by atoms with Crippen LogP contribution in [0.4, 0.5) is 4.79 Å². The van der Waals surface area contributed by atoms with Crippen molar-refractivity contribution in [1.29, 1.82) is 0 Å². The Hall–Kier alpha value is -2.37. The number of nitrogens with one attached hydrogen (secondary N) is 3. The number of hydrogen-bond acceptors (Lipinski definition) is 3. The number of carbonyl (C=O) groups excluding carboxylic acids is 3. The molecule has 106 valence electrons. The molecule has 6 nitrogen and oxygen atoms in total. The number of urea groups is 1. The minimum absolute atomic E-state index is 0.0159. The third kappa shape index (κ3) is 3.14. The van der Waals surface area contributed by atoms with Crippen molar-refractivity contribution in [1.82, 2.24) is 16.0 Å². The maximum Gasteiger partial charge on any atom is 0.316 e. The minimum Gasteiger partial charge on any atom is -0.329 e. The van der Waals surface area contributed by atoms with E-state index in [1.165, 1.54) is 0 Å². The highest BCUT2D eigenvalue weighted by molar-refractivity contribution is 6.06. The SMILES string of the molecule is CC(C)(NC(=O)NC1CC(=O)NC1=O)c1ccccc1. The largest absolute Gasteiger partial charge is 0.329 e. The maximum atomic E-state index is 11.9. The van der Waals surface area contributed by atoms with Crippen molar-refractivity contribution in [2.24, 2.45) is 0 Å². The Morgan fingerprint density at radius 1 is 1.25 bits per heavy atom. The standard InChI is InChI=1S/C14H17N3O3/c1-14(2,9-6-4-3-5-7-9)17-13(20)15-10-8-11(18)16-12(10)19/h3-7,10H,8H2,1-2H3,(H2,15,17,20)(H,16,18,19). The Morgan fingerprint density at radius 3 is 2.45 bits per heavy atom. The second kappa shape index (κ2) is 5.32. The van der Waals surface area contributed by atoms with Crippen LogP contribution >= 0.6 is 0 Å². The third-order valence-electron chi connectivity index (χ3n) is 3.20. The normalized spacial score (nSPS) is 18.6. The molecule has 0 bridgehead atoms. The van der Waals surface area contributed by atoms with Crippen molar-refractivity contribution in [2.45, 2.75) is 31.8 Å². The molecule has 0 aliphatic carbocycles. The average molecular weight is 275 g/mol. The van der Waals surface area contributed by atoms with E-state index in [0.717, 1.165) is 5.56 Å². The molecule has 6 heteroatoms. The summed E-state index contributed by atoms with van der Waals surface area (Å²) in [6.07, 6.45) is -0.0159. The predicted octanol–water partition coefficient (Wildman–Crippen LogP) is 0.636. The molecule has 1 heterocycles. The van der Waals surface area contributed by atoms with Gasteiger partial charge in [-0.15, -0.1) is 0 Å². The molecule has 4 amide bonds. The van der Waals surface area contributed by atoms with E-state index in [1.807, 2.05) is 44.2 Å². The van der Waals surface area contributed by atoms with Crippen LogP contribution in [0.15, 0.2) is 30.3 Å². The Bertz CT molecular complexity index is 540. The quantitative estimate of drug-likeness (QED) is 0.707. The maximum absolute atomic E-state index is 11.9. The molecule has 0 saturated carbocycles. The number of imide groups is 1. The Kier molecular flexibility index (Phi) is 3.74. The van der Waals surface area contributed by atoms with Crippen LogP contribution in [0.3, 0.4) is 0 Å². The molecule has 20 heavy (non-hydrogen) atoms. The van der Waals surface area contributed by atoms with Crippen LogP contribution in [-0.4, -0.2) is 23.9 Å². The van der Waals surface area contributed by atoms with E-state index in [0.29, 0.717) is 0 Å². The van der Waals surface area contributed by atoms with Crippen molar-refractivity contribution < 1.29 is 14.4 Å². The second-order valence-electron chi connectivity index (χ2n) is 5.26. The van der Waals surface area contributed by atoms with Crippen molar-refractivity contribution >= 4 is 17.8 Å².